The number of aromatic nitrogens is 4. The number of carbonyl (C=O) groups is 4. The van der Waals surface area contributed by atoms with Crippen molar-refractivity contribution in [1.29, 1.82) is 0 Å². The molecule has 0 aliphatic carbocycles. The number of phenolic OH excluding ortho intramolecular Hbond substituents is 2. The number of hydrogen-bond acceptors (Lipinski definition) is 23. The van der Waals surface area contributed by atoms with Crippen molar-refractivity contribution < 1.29 is 101 Å². The Kier molecular flexibility index (Phi) is 22.6. The summed E-state index contributed by atoms with van der Waals surface area (Å²) >= 11 is 2.50. The van der Waals surface area contributed by atoms with Crippen molar-refractivity contribution in [2.24, 2.45) is 11.1 Å². The smallest absolute Gasteiger partial charge is 0.481 e. The number of fused-ring (bicyclic) bond motifs is 1. The zero-order valence-electron chi connectivity index (χ0n) is 36.7. The summed E-state index contributed by atoms with van der Waals surface area (Å²) in [5.74, 6) is -2.11. The van der Waals surface area contributed by atoms with E-state index in [-0.39, 0.29) is 58.9 Å². The van der Waals surface area contributed by atoms with Crippen LogP contribution in [0.5, 0.6) is 11.5 Å². The summed E-state index contributed by atoms with van der Waals surface area (Å²) in [6.07, 6.45) is -1.92. The summed E-state index contributed by atoms with van der Waals surface area (Å²) in [6.45, 7) is 0.245. The number of imidazole rings is 1. The Morgan fingerprint density at radius 3 is 2.32 bits per heavy atom. The number of nitrogen functional groups attached to an aromatic ring is 1. The number of phenols is 2. The predicted molar refractivity (Wildman–Crippen MR) is 245 cm³/mol. The van der Waals surface area contributed by atoms with Crippen molar-refractivity contribution in [1.82, 2.24) is 30.2 Å². The molecule has 15 N–H and O–H groups in total. The highest BCUT2D eigenvalue weighted by molar-refractivity contribution is 8.14. The average molecular weight is 1080 g/mol. The number of aliphatic hydroxyl groups excluding tert-OH is 2. The van der Waals surface area contributed by atoms with E-state index < -0.39 is 96.6 Å². The number of aromatic hydroxyl groups is 2. The second-order valence-corrected chi connectivity index (χ2v) is 21.4. The molecule has 1 aliphatic rings. The molecule has 29 nitrogen and oxygen atoms in total. The van der Waals surface area contributed by atoms with Crippen LogP contribution in [0, 0.1) is 5.41 Å². The van der Waals surface area contributed by atoms with Crippen LogP contribution in [0.25, 0.3) is 17.2 Å². The molecule has 1 fully saturated rings. The molecule has 0 bridgehead atoms. The number of carboxylic acid groups (broad SMARTS) is 1. The van der Waals surface area contributed by atoms with Crippen LogP contribution in [0.15, 0.2) is 36.9 Å². The van der Waals surface area contributed by atoms with Gasteiger partial charge in [0.1, 0.15) is 42.3 Å². The summed E-state index contributed by atoms with van der Waals surface area (Å²) < 4.78 is 62.1. The number of amides is 2. The molecule has 1 aromatic carbocycles. The zero-order valence-corrected chi connectivity index (χ0v) is 41.0. The molecule has 3 heterocycles. The first kappa shape index (κ1) is 59.2. The maximum atomic E-state index is 12.7. The molecular formula is C35H53N8O21P3S2. The molecule has 2 amide bonds. The molecule has 0 saturated carbocycles. The van der Waals surface area contributed by atoms with Crippen LogP contribution in [-0.4, -0.2) is 162 Å². The molecular weight excluding hydrogens is 1030 g/mol. The van der Waals surface area contributed by atoms with Gasteiger partial charge < -0.3 is 71.9 Å². The maximum absolute atomic E-state index is 12.7. The Bertz CT molecular complexity index is 2430. The highest BCUT2D eigenvalue weighted by atomic mass is 32.2. The second-order valence-electron chi connectivity index (χ2n) is 15.0. The topological polar surface area (TPSA) is 467 Å². The number of aliphatic hydroxyl groups is 2. The molecule has 1 aliphatic heterocycles. The highest BCUT2D eigenvalue weighted by Gasteiger charge is 2.50. The SMILES string of the molecule is CC(C)(COP(=O)(O)OP(=O)(O)OC[C@H]1O[C@@H](n2cnc3c(N)ncnc32)[C@H](O)[C@@H]1OP(=O)(O)O)C(O)C(=O)NCCC(=O)NCCSC(=O)/C=C/c1ccc(O)c(O)c1.CSCCC(N)C(=O)O. The van der Waals surface area contributed by atoms with Crippen molar-refractivity contribution in [3.8, 4) is 11.5 Å². The Balaban J connectivity index is 0.00000127. The summed E-state index contributed by atoms with van der Waals surface area (Å²) in [6, 6.07) is 3.34. The van der Waals surface area contributed by atoms with E-state index in [9.17, 15) is 72.9 Å². The van der Waals surface area contributed by atoms with Crippen LogP contribution >= 0.6 is 47.0 Å². The van der Waals surface area contributed by atoms with Gasteiger partial charge in [-0.15, -0.1) is 0 Å². The molecule has 8 atom stereocenters. The number of phosphoric acid groups is 3. The van der Waals surface area contributed by atoms with E-state index in [1.807, 2.05) is 6.26 Å². The number of benzene rings is 1. The fraction of sp³-hybridized carbons (Fsp3) is 0.514. The fourth-order valence-electron chi connectivity index (χ4n) is 5.51. The number of carbonyl (C=O) groups excluding carboxylic acids is 3. The third-order valence-electron chi connectivity index (χ3n) is 9.11. The van der Waals surface area contributed by atoms with Gasteiger partial charge in [-0.3, -0.25) is 37.3 Å². The van der Waals surface area contributed by atoms with Crippen LogP contribution in [0.4, 0.5) is 5.82 Å². The zero-order chi connectivity index (χ0) is 51.9. The molecule has 386 valence electrons. The number of carboxylic acids is 1. The number of rotatable bonds is 25. The van der Waals surface area contributed by atoms with Crippen molar-refractivity contribution in [2.45, 2.75) is 63.4 Å². The number of nitrogens with one attached hydrogen (secondary N) is 2. The standard InChI is InChI=1S/C30H42N7O19P3S.C5H11NO2S/c1-30(2,25(43)28(44)33-8-7-20(40)32-9-10-60-21(41)6-4-16-3-5-17(38)18(39)11-16)13-53-59(50,51)56-58(48,49)52-12-19-24(55-57(45,46)47)23(42)29(54-19)37-15-36-22-26(31)34-14-35-27(22)37;1-9-3-2-4(6)5(7)8/h3-6,11,14-15,19,23-25,29,38-39,42-43H,7-10,12-13H2,1-2H3,(H,32,40)(H,33,44)(H,48,49)(H,50,51)(H2,31,34,35)(H2,45,46,47);4H,2-3,6H2,1H3,(H,7,8)/b6-4+;/t19-,23-,24-,25?,29-;/m1./s1. The van der Waals surface area contributed by atoms with Gasteiger partial charge in [0.15, 0.2) is 29.2 Å². The first-order valence-electron chi connectivity index (χ1n) is 19.8. The first-order chi connectivity index (χ1) is 32.1. The molecule has 2 aromatic heterocycles. The van der Waals surface area contributed by atoms with Gasteiger partial charge >= 0.3 is 29.4 Å². The molecule has 4 unspecified atom stereocenters. The Labute approximate surface area is 400 Å². The van der Waals surface area contributed by atoms with E-state index >= 15 is 0 Å². The molecule has 4 rings (SSSR count). The van der Waals surface area contributed by atoms with Crippen molar-refractivity contribution in [2.75, 3.05) is 49.8 Å². The van der Waals surface area contributed by atoms with Crippen molar-refractivity contribution >= 4 is 92.9 Å². The largest absolute Gasteiger partial charge is 0.504 e. The molecule has 0 radical (unpaired) electrons. The monoisotopic (exact) mass is 1080 g/mol. The third-order valence-corrected chi connectivity index (χ3v) is 13.7. The Morgan fingerprint density at radius 1 is 1.00 bits per heavy atom. The number of thioether (sulfide) groups is 2. The van der Waals surface area contributed by atoms with E-state index in [1.54, 1.807) is 11.8 Å². The number of nitrogens with two attached hydrogens (primary N) is 2. The molecule has 3 aromatic rings. The summed E-state index contributed by atoms with van der Waals surface area (Å²) in [5.41, 5.74) is 9.87. The van der Waals surface area contributed by atoms with Crippen LogP contribution in [0.1, 0.15) is 38.5 Å². The van der Waals surface area contributed by atoms with Crippen LogP contribution in [0.2, 0.25) is 0 Å². The number of ether oxygens (including phenoxy) is 1. The minimum atomic E-state index is -5.59. The number of hydrogen-bond donors (Lipinski definition) is 13. The highest BCUT2D eigenvalue weighted by Crippen LogP contribution is 2.61. The number of anilines is 1. The molecule has 0 spiro atoms. The molecule has 1 saturated heterocycles. The lowest BCUT2D eigenvalue weighted by Gasteiger charge is -2.30. The van der Waals surface area contributed by atoms with Gasteiger partial charge in [-0.25, -0.2) is 28.6 Å². The summed E-state index contributed by atoms with van der Waals surface area (Å²) in [5, 5.41) is 53.1. The number of nitrogens with zero attached hydrogens (tertiary/aromatic N) is 4. The summed E-state index contributed by atoms with van der Waals surface area (Å²) in [7, 11) is -16.5. The van der Waals surface area contributed by atoms with Gasteiger partial charge in [0.05, 0.1) is 19.5 Å². The second kappa shape index (κ2) is 26.4. The minimum absolute atomic E-state index is 0.0199. The van der Waals surface area contributed by atoms with Gasteiger partial charge in [0.25, 0.3) is 0 Å². The maximum Gasteiger partial charge on any atom is 0.481 e. The van der Waals surface area contributed by atoms with E-state index in [0.29, 0.717) is 12.0 Å². The van der Waals surface area contributed by atoms with Crippen molar-refractivity contribution in [3.63, 3.8) is 0 Å². The minimum Gasteiger partial charge on any atom is -0.504 e. The molecule has 69 heavy (non-hydrogen) atoms. The first-order valence-corrected chi connectivity index (χ1v) is 26.7. The lowest BCUT2D eigenvalue weighted by molar-refractivity contribution is -0.138. The van der Waals surface area contributed by atoms with Gasteiger partial charge in [0, 0.05) is 30.7 Å². The lowest BCUT2D eigenvalue weighted by atomic mass is 9.87. The van der Waals surface area contributed by atoms with E-state index in [4.69, 9.17) is 30.4 Å². The van der Waals surface area contributed by atoms with Gasteiger partial charge in [-0.1, -0.05) is 37.8 Å². The molecule has 34 heteroatoms. The van der Waals surface area contributed by atoms with Gasteiger partial charge in [-0.2, -0.15) is 16.1 Å². The Morgan fingerprint density at radius 2 is 1.68 bits per heavy atom. The Hall–Kier alpha value is -4.10. The summed E-state index contributed by atoms with van der Waals surface area (Å²) in [4.78, 5) is 97.8. The average Bonchev–Trinajstić information content (AvgIpc) is 3.82. The van der Waals surface area contributed by atoms with Crippen LogP contribution in [-0.2, 0) is 55.5 Å². The van der Waals surface area contributed by atoms with E-state index in [2.05, 4.69) is 34.4 Å². The lowest BCUT2D eigenvalue weighted by Crippen LogP contribution is -2.46. The predicted octanol–water partition coefficient (Wildman–Crippen LogP) is -0.0593. The van der Waals surface area contributed by atoms with Gasteiger partial charge in [-0.05, 0) is 42.2 Å². The normalized spacial score (nSPS) is 20.0. The quantitative estimate of drug-likeness (QED) is 0.0229. The number of phosphoric ester groups is 3. The third kappa shape index (κ3) is 19.6. The van der Waals surface area contributed by atoms with Gasteiger partial charge in [0.2, 0.25) is 16.9 Å². The van der Waals surface area contributed by atoms with E-state index in [0.717, 1.165) is 34.7 Å². The van der Waals surface area contributed by atoms with E-state index in [1.165, 1.54) is 44.2 Å². The fourth-order valence-corrected chi connectivity index (χ4v) is 9.39. The van der Waals surface area contributed by atoms with Crippen molar-refractivity contribution in [3.05, 3.63) is 42.5 Å². The number of aliphatic carboxylic acids is 1. The van der Waals surface area contributed by atoms with Crippen LogP contribution < -0.4 is 22.1 Å². The van der Waals surface area contributed by atoms with Crippen LogP contribution in [0.3, 0.4) is 0 Å².